The molecule has 0 fully saturated rings. The molecule has 13 aromatic rings. The first-order valence-electron chi connectivity index (χ1n) is 43.2. The second-order valence-corrected chi connectivity index (χ2v) is 31.4. The average Bonchev–Trinajstić information content (AvgIpc) is 1.51. The molecule has 0 spiro atoms. The predicted octanol–water partition coefficient (Wildman–Crippen LogP) is 29.0. The molecule has 0 saturated carbocycles. The van der Waals surface area contributed by atoms with E-state index in [-0.39, 0.29) is 34.9 Å². The molecule has 3 aromatic heterocycles. The Hall–Kier alpha value is -11.5. The van der Waals surface area contributed by atoms with Crippen molar-refractivity contribution >= 4 is 65.4 Å². The Morgan fingerprint density at radius 3 is 0.726 bits per heavy atom. The maximum absolute atomic E-state index is 14.9. The second kappa shape index (κ2) is 42.4. The molecule has 10 aromatic carbocycles. The molecule has 0 bridgehead atoms. The van der Waals surface area contributed by atoms with E-state index in [2.05, 4.69) is 142 Å². The summed E-state index contributed by atoms with van der Waals surface area (Å²) < 4.78 is 96.2. The number of rotatable bonds is 33. The van der Waals surface area contributed by atoms with Crippen LogP contribution in [0.4, 0.5) is 26.3 Å². The van der Waals surface area contributed by atoms with E-state index in [1.165, 1.54) is 188 Å². The number of nitrogens with zero attached hydrogens (tertiary/aromatic N) is 3. The second-order valence-electron chi connectivity index (χ2n) is 31.4. The van der Waals surface area contributed by atoms with Crippen LogP contribution in [0.2, 0.25) is 0 Å². The molecule has 9 heteroatoms. The van der Waals surface area contributed by atoms with Crippen molar-refractivity contribution in [1.82, 2.24) is 13.7 Å². The lowest BCUT2D eigenvalue weighted by Crippen LogP contribution is -2.03. The van der Waals surface area contributed by atoms with Crippen LogP contribution >= 0.6 is 0 Å². The van der Waals surface area contributed by atoms with Gasteiger partial charge in [0.2, 0.25) is 0 Å². The van der Waals surface area contributed by atoms with Crippen molar-refractivity contribution in [2.75, 3.05) is 0 Å². The highest BCUT2D eigenvalue weighted by atomic mass is 19.1. The van der Waals surface area contributed by atoms with Gasteiger partial charge in [0.15, 0.2) is 0 Å². The molecule has 0 amide bonds. The standard InChI is InChI=1S/C108H105F6N3/c1-4-7-10-13-16-19-22-25-28-31-72-115-100-77-88(55-37-82-45-64-93(112)65-46-82)86(53-35-80-41-60-91(110)61-42-80)75-98(100)103-106(115)102-97-71-57-85(52-34-79-39-58-90(109)59-40-79)96(70-51-84-49-68-95(114)69-50-84)105(97)117(74-33-30-27-24-21-18-15-12-9-6-3)108(102)104-99-76-87(54-36-81-43-62-92(111)63-44-81)89(56-38-83-47-66-94(113)67-48-83)78-101(99)116(107(103)104)73-32-29-26-23-20-17-14-11-8-5-2/h39-50,57-69,71,75-78H,4-33,72-74H2,1-3H3. The molecular formula is C108H105F6N3. The lowest BCUT2D eigenvalue weighted by atomic mass is 9.97. The number of aryl methyl sites for hydroxylation is 3. The molecule has 0 aliphatic carbocycles. The Kier molecular flexibility index (Phi) is 30.3. The molecule has 3 nitrogen and oxygen atoms in total. The number of fused-ring (bicyclic) bond motifs is 12. The van der Waals surface area contributed by atoms with Gasteiger partial charge in [-0.1, -0.05) is 271 Å². The summed E-state index contributed by atoms with van der Waals surface area (Å²) >= 11 is 0. The van der Waals surface area contributed by atoms with Crippen LogP contribution in [0, 0.1) is 106 Å². The van der Waals surface area contributed by atoms with Crippen LogP contribution in [0.5, 0.6) is 0 Å². The predicted molar refractivity (Wildman–Crippen MR) is 475 cm³/mol. The van der Waals surface area contributed by atoms with E-state index in [1.807, 2.05) is 0 Å². The maximum Gasteiger partial charge on any atom is 0.123 e. The Labute approximate surface area is 689 Å². The quantitative estimate of drug-likeness (QED) is 0.0221. The topological polar surface area (TPSA) is 14.8 Å². The van der Waals surface area contributed by atoms with Crippen LogP contribution in [0.1, 0.15) is 280 Å². The molecule has 0 atom stereocenters. The SMILES string of the molecule is CCCCCCCCCCCCn1c2cc(C#Cc3ccc(F)cc3)c(C#Cc3ccc(F)cc3)cc2c2c1c1c3ccc(C#Cc4ccc(F)cc4)c(C#Cc4ccc(F)cc4)c3n(CCCCCCCCCCCC)c1c1c3cc(C#Cc4ccc(F)cc4)c(C#Cc4ccc(F)cc4)cc3n(CCCCCCCCCCCC)c21. The fourth-order valence-corrected chi connectivity index (χ4v) is 16.4. The molecule has 0 aliphatic rings. The highest BCUT2D eigenvalue weighted by molar-refractivity contribution is 6.40. The number of benzene rings is 10. The van der Waals surface area contributed by atoms with Crippen LogP contribution in [0.3, 0.4) is 0 Å². The molecular weight excluding hydrogens is 1450 g/mol. The van der Waals surface area contributed by atoms with E-state index in [9.17, 15) is 26.3 Å². The van der Waals surface area contributed by atoms with Gasteiger partial charge in [0.25, 0.3) is 0 Å². The summed E-state index contributed by atoms with van der Waals surface area (Å²) in [6.45, 7) is 8.68. The monoisotopic (exact) mass is 1560 g/mol. The normalized spacial score (nSPS) is 11.2. The van der Waals surface area contributed by atoms with Crippen molar-refractivity contribution in [3.8, 4) is 71.0 Å². The molecule has 117 heavy (non-hydrogen) atoms. The van der Waals surface area contributed by atoms with Crippen LogP contribution < -0.4 is 0 Å². The Bertz CT molecular complexity index is 5910. The van der Waals surface area contributed by atoms with Crippen molar-refractivity contribution in [3.63, 3.8) is 0 Å². The first-order chi connectivity index (χ1) is 57.4. The molecule has 0 unspecified atom stereocenters. The Morgan fingerprint density at radius 1 is 0.205 bits per heavy atom. The molecule has 3 heterocycles. The van der Waals surface area contributed by atoms with Gasteiger partial charge in [0, 0.05) is 113 Å². The summed E-state index contributed by atoms with van der Waals surface area (Å²) in [5.74, 6) is 40.0. The highest BCUT2D eigenvalue weighted by Crippen LogP contribution is 2.50. The van der Waals surface area contributed by atoms with Gasteiger partial charge in [0.05, 0.1) is 38.7 Å². The minimum absolute atomic E-state index is 0.359. The van der Waals surface area contributed by atoms with Gasteiger partial charge < -0.3 is 13.7 Å². The maximum atomic E-state index is 14.9. The van der Waals surface area contributed by atoms with Gasteiger partial charge in [0.1, 0.15) is 34.9 Å². The van der Waals surface area contributed by atoms with Crippen molar-refractivity contribution in [2.45, 2.75) is 233 Å². The van der Waals surface area contributed by atoms with Crippen molar-refractivity contribution in [1.29, 1.82) is 0 Å². The average molecular weight is 1560 g/mol. The zero-order chi connectivity index (χ0) is 81.1. The van der Waals surface area contributed by atoms with Gasteiger partial charge >= 0.3 is 0 Å². The largest absolute Gasteiger partial charge is 0.340 e. The third-order valence-corrected chi connectivity index (χ3v) is 22.7. The fourth-order valence-electron chi connectivity index (χ4n) is 16.4. The number of aromatic nitrogens is 3. The highest BCUT2D eigenvalue weighted by Gasteiger charge is 2.30. The summed E-state index contributed by atoms with van der Waals surface area (Å²) in [7, 11) is 0. The summed E-state index contributed by atoms with van der Waals surface area (Å²) in [6.07, 6.45) is 34.4. The van der Waals surface area contributed by atoms with E-state index in [0.29, 0.717) is 86.4 Å². The summed E-state index contributed by atoms with van der Waals surface area (Å²) in [4.78, 5) is 0. The minimum atomic E-state index is -0.366. The zero-order valence-electron chi connectivity index (χ0n) is 68.3. The van der Waals surface area contributed by atoms with Crippen LogP contribution in [0.25, 0.3) is 65.4 Å². The third-order valence-electron chi connectivity index (χ3n) is 22.7. The Morgan fingerprint density at radius 2 is 0.436 bits per heavy atom. The first-order valence-corrected chi connectivity index (χ1v) is 43.2. The van der Waals surface area contributed by atoms with E-state index < -0.39 is 0 Å². The fraction of sp³-hybridized carbons (Fsp3) is 0.333. The van der Waals surface area contributed by atoms with E-state index in [0.717, 1.165) is 142 Å². The zero-order valence-corrected chi connectivity index (χ0v) is 68.3. The number of halogens is 6. The van der Waals surface area contributed by atoms with Gasteiger partial charge in [-0.2, -0.15) is 0 Å². The molecule has 0 saturated heterocycles. The Balaban J connectivity index is 1.19. The lowest BCUT2D eigenvalue weighted by Gasteiger charge is -2.14. The molecule has 0 radical (unpaired) electrons. The van der Waals surface area contributed by atoms with Gasteiger partial charge in [-0.25, -0.2) is 26.3 Å². The smallest absolute Gasteiger partial charge is 0.123 e. The van der Waals surface area contributed by atoms with Crippen molar-refractivity contribution in [2.24, 2.45) is 0 Å². The first kappa shape index (κ1) is 83.5. The number of unbranched alkanes of at least 4 members (excludes halogenated alkanes) is 27. The molecule has 594 valence electrons. The molecule has 0 aliphatic heterocycles. The van der Waals surface area contributed by atoms with E-state index in [1.54, 1.807) is 72.8 Å². The number of hydrogen-bond donors (Lipinski definition) is 0. The van der Waals surface area contributed by atoms with E-state index >= 15 is 0 Å². The molecule has 13 rings (SSSR count). The number of hydrogen-bond acceptors (Lipinski definition) is 0. The molecule has 0 N–H and O–H groups in total. The summed E-state index contributed by atoms with van der Waals surface area (Å²) in [5, 5.41) is 5.96. The van der Waals surface area contributed by atoms with Crippen LogP contribution in [-0.4, -0.2) is 13.7 Å². The van der Waals surface area contributed by atoms with Crippen LogP contribution in [-0.2, 0) is 19.6 Å². The summed E-state index contributed by atoms with van der Waals surface area (Å²) in [5.41, 5.74) is 13.7. The van der Waals surface area contributed by atoms with Gasteiger partial charge in [-0.15, -0.1) is 0 Å². The summed E-state index contributed by atoms with van der Waals surface area (Å²) in [6, 6.07) is 50.6. The van der Waals surface area contributed by atoms with Gasteiger partial charge in [-0.05, 0) is 195 Å². The van der Waals surface area contributed by atoms with Crippen LogP contribution in [0.15, 0.2) is 182 Å². The minimum Gasteiger partial charge on any atom is -0.340 e. The third kappa shape index (κ3) is 22.0. The lowest BCUT2D eigenvalue weighted by molar-refractivity contribution is 0.541. The van der Waals surface area contributed by atoms with E-state index in [4.69, 9.17) is 0 Å². The van der Waals surface area contributed by atoms with Crippen molar-refractivity contribution < 1.29 is 26.3 Å². The van der Waals surface area contributed by atoms with Gasteiger partial charge in [-0.3, -0.25) is 0 Å². The van der Waals surface area contributed by atoms with Crippen molar-refractivity contribution in [3.05, 3.63) is 284 Å².